The third-order valence-corrected chi connectivity index (χ3v) is 9.18. The van der Waals surface area contributed by atoms with E-state index in [1.807, 2.05) is 0 Å². The molecule has 0 aliphatic heterocycles. The van der Waals surface area contributed by atoms with E-state index in [4.69, 9.17) is 9.84 Å². The first-order valence-electron chi connectivity index (χ1n) is 20.3. The smallest absolute Gasteiger partial charge is 0.306 e. The second kappa shape index (κ2) is 37.9. The fraction of sp³-hybridized carbons (Fsp3) is 0.857. The zero-order valence-electron chi connectivity index (χ0n) is 30.9. The van der Waals surface area contributed by atoms with Crippen molar-refractivity contribution in [2.45, 2.75) is 232 Å². The fourth-order valence-corrected chi connectivity index (χ4v) is 6.14. The van der Waals surface area contributed by atoms with E-state index in [1.165, 1.54) is 141 Å². The van der Waals surface area contributed by atoms with Gasteiger partial charge in [0.05, 0.1) is 0 Å². The van der Waals surface area contributed by atoms with Gasteiger partial charge < -0.3 is 9.84 Å². The van der Waals surface area contributed by atoms with Crippen LogP contribution < -0.4 is 0 Å². The number of carboxylic acids is 1. The van der Waals surface area contributed by atoms with E-state index in [0.29, 0.717) is 12.8 Å². The summed E-state index contributed by atoms with van der Waals surface area (Å²) in [6, 6.07) is 0. The lowest BCUT2D eigenvalue weighted by molar-refractivity contribution is -0.150. The minimum atomic E-state index is -0.666. The average molecular weight is 647 g/mol. The maximum atomic E-state index is 12.5. The fourth-order valence-electron chi connectivity index (χ4n) is 6.14. The second-order valence-electron chi connectivity index (χ2n) is 13.8. The zero-order chi connectivity index (χ0) is 33.6. The van der Waals surface area contributed by atoms with Crippen LogP contribution in [0.1, 0.15) is 226 Å². The van der Waals surface area contributed by atoms with Gasteiger partial charge in [-0.15, -0.1) is 0 Å². The number of hydrogen-bond acceptors (Lipinski definition) is 3. The molecule has 4 nitrogen and oxygen atoms in total. The Morgan fingerprint density at radius 3 is 1.35 bits per heavy atom. The van der Waals surface area contributed by atoms with E-state index < -0.39 is 5.97 Å². The van der Waals surface area contributed by atoms with Crippen LogP contribution in [0.15, 0.2) is 24.3 Å². The molecule has 0 aromatic carbocycles. The molecule has 0 amide bonds. The van der Waals surface area contributed by atoms with Gasteiger partial charge in [0, 0.05) is 12.8 Å². The summed E-state index contributed by atoms with van der Waals surface area (Å²) in [7, 11) is 0. The largest absolute Gasteiger partial charge is 0.481 e. The van der Waals surface area contributed by atoms with Crippen LogP contribution in [0.3, 0.4) is 0 Å². The number of carboxylic acid groups (broad SMARTS) is 1. The van der Waals surface area contributed by atoms with Crippen molar-refractivity contribution in [1.29, 1.82) is 0 Å². The van der Waals surface area contributed by atoms with E-state index in [-0.39, 0.29) is 12.1 Å². The van der Waals surface area contributed by atoms with Gasteiger partial charge in [0.15, 0.2) is 0 Å². The summed E-state index contributed by atoms with van der Waals surface area (Å²) in [5.41, 5.74) is 0. The normalized spacial score (nSPS) is 12.4. The van der Waals surface area contributed by atoms with Crippen LogP contribution in [-0.4, -0.2) is 23.1 Å². The van der Waals surface area contributed by atoms with Crippen molar-refractivity contribution in [3.05, 3.63) is 24.3 Å². The number of carbonyl (C=O) groups is 2. The molecule has 0 heterocycles. The SMILES string of the molecule is CCCCC/C=C\C/C=C\CCCCCCCCCC(=O)OC(CCCC)CCCCCCCCCCCCCCCCC(=O)O. The Bertz CT molecular complexity index is 698. The quantitative estimate of drug-likeness (QED) is 0.0414. The summed E-state index contributed by atoms with van der Waals surface area (Å²) in [6.45, 7) is 4.47. The Morgan fingerprint density at radius 1 is 0.478 bits per heavy atom. The molecule has 0 aliphatic carbocycles. The van der Waals surface area contributed by atoms with Crippen molar-refractivity contribution < 1.29 is 19.4 Å². The highest BCUT2D eigenvalue weighted by atomic mass is 16.5. The molecular weight excluding hydrogens is 568 g/mol. The van der Waals surface area contributed by atoms with Crippen molar-refractivity contribution in [1.82, 2.24) is 0 Å². The highest BCUT2D eigenvalue weighted by molar-refractivity contribution is 5.69. The number of unbranched alkanes of at least 4 members (excludes halogenated alkanes) is 24. The molecule has 0 bridgehead atoms. The first kappa shape index (κ1) is 44.4. The van der Waals surface area contributed by atoms with Crippen LogP contribution in [-0.2, 0) is 14.3 Å². The molecule has 4 heteroatoms. The van der Waals surface area contributed by atoms with Crippen molar-refractivity contribution >= 4 is 11.9 Å². The van der Waals surface area contributed by atoms with Crippen molar-refractivity contribution in [2.24, 2.45) is 0 Å². The van der Waals surface area contributed by atoms with Crippen LogP contribution in [0.25, 0.3) is 0 Å². The number of carbonyl (C=O) groups excluding carboxylic acids is 1. The molecule has 1 atom stereocenters. The molecule has 0 saturated carbocycles. The van der Waals surface area contributed by atoms with Crippen LogP contribution in [0, 0.1) is 0 Å². The third-order valence-electron chi connectivity index (χ3n) is 9.18. The van der Waals surface area contributed by atoms with E-state index in [9.17, 15) is 9.59 Å². The maximum absolute atomic E-state index is 12.5. The van der Waals surface area contributed by atoms with E-state index in [2.05, 4.69) is 38.2 Å². The van der Waals surface area contributed by atoms with E-state index in [0.717, 1.165) is 57.8 Å². The van der Waals surface area contributed by atoms with Crippen LogP contribution >= 0.6 is 0 Å². The van der Waals surface area contributed by atoms with E-state index >= 15 is 0 Å². The third kappa shape index (κ3) is 36.9. The van der Waals surface area contributed by atoms with Gasteiger partial charge in [-0.1, -0.05) is 173 Å². The Kier molecular flexibility index (Phi) is 36.6. The minimum Gasteiger partial charge on any atom is -0.481 e. The summed E-state index contributed by atoms with van der Waals surface area (Å²) >= 11 is 0. The maximum Gasteiger partial charge on any atom is 0.306 e. The van der Waals surface area contributed by atoms with Crippen LogP contribution in [0.5, 0.6) is 0 Å². The van der Waals surface area contributed by atoms with Gasteiger partial charge in [0.1, 0.15) is 6.10 Å². The first-order valence-corrected chi connectivity index (χ1v) is 20.3. The summed E-state index contributed by atoms with van der Waals surface area (Å²) in [5.74, 6) is -0.636. The van der Waals surface area contributed by atoms with Gasteiger partial charge >= 0.3 is 11.9 Å². The lowest BCUT2D eigenvalue weighted by Crippen LogP contribution is -2.18. The number of hydrogen-bond donors (Lipinski definition) is 1. The Hall–Kier alpha value is -1.58. The van der Waals surface area contributed by atoms with Gasteiger partial charge in [0.25, 0.3) is 0 Å². The molecule has 46 heavy (non-hydrogen) atoms. The number of aliphatic carboxylic acids is 1. The van der Waals surface area contributed by atoms with E-state index in [1.54, 1.807) is 0 Å². The highest BCUT2D eigenvalue weighted by Gasteiger charge is 2.14. The Morgan fingerprint density at radius 2 is 0.870 bits per heavy atom. The van der Waals surface area contributed by atoms with Gasteiger partial charge in [0.2, 0.25) is 0 Å². The second-order valence-corrected chi connectivity index (χ2v) is 13.8. The monoisotopic (exact) mass is 647 g/mol. The first-order chi connectivity index (χ1) is 22.6. The molecule has 0 aliphatic rings. The number of esters is 1. The molecule has 1 N–H and O–H groups in total. The summed E-state index contributed by atoms with van der Waals surface area (Å²) in [6.07, 6.45) is 48.2. The Balaban J connectivity index is 3.63. The molecule has 1 unspecified atom stereocenters. The molecule has 0 radical (unpaired) electrons. The average Bonchev–Trinajstić information content (AvgIpc) is 3.04. The molecule has 0 rings (SSSR count). The molecule has 0 spiro atoms. The number of allylic oxidation sites excluding steroid dienone is 4. The van der Waals surface area contributed by atoms with Crippen LogP contribution in [0.4, 0.5) is 0 Å². The standard InChI is InChI=1S/C42H78O4/c1-3-5-7-8-9-10-11-12-13-14-15-20-23-26-29-32-35-39-42(45)46-40(36-6-4-2)37-33-30-27-24-21-18-16-17-19-22-25-28-31-34-38-41(43)44/h9-10,12-13,40H,3-8,11,14-39H2,1-2H3,(H,43,44)/b10-9-,13-12-. The van der Waals surface area contributed by atoms with Gasteiger partial charge in [-0.05, 0) is 64.2 Å². The van der Waals surface area contributed by atoms with Crippen molar-refractivity contribution in [2.75, 3.05) is 0 Å². The predicted octanol–water partition coefficient (Wildman–Crippen LogP) is 14.0. The van der Waals surface area contributed by atoms with Gasteiger partial charge in [-0.3, -0.25) is 9.59 Å². The molecule has 0 fully saturated rings. The zero-order valence-corrected chi connectivity index (χ0v) is 30.9. The van der Waals surface area contributed by atoms with Gasteiger partial charge in [-0.25, -0.2) is 0 Å². The molecule has 0 aromatic rings. The summed E-state index contributed by atoms with van der Waals surface area (Å²) in [5, 5.41) is 8.67. The van der Waals surface area contributed by atoms with Gasteiger partial charge in [-0.2, -0.15) is 0 Å². The Labute approximate surface area is 287 Å². The van der Waals surface area contributed by atoms with Crippen molar-refractivity contribution in [3.8, 4) is 0 Å². The number of rotatable bonds is 37. The predicted molar refractivity (Wildman–Crippen MR) is 200 cm³/mol. The topological polar surface area (TPSA) is 63.6 Å². The lowest BCUT2D eigenvalue weighted by Gasteiger charge is -2.18. The molecular formula is C42H78O4. The highest BCUT2D eigenvalue weighted by Crippen LogP contribution is 2.18. The molecule has 0 aromatic heterocycles. The lowest BCUT2D eigenvalue weighted by atomic mass is 10.0. The number of ether oxygens (including phenoxy) is 1. The summed E-state index contributed by atoms with van der Waals surface area (Å²) < 4.78 is 5.94. The molecule has 270 valence electrons. The van der Waals surface area contributed by atoms with Crippen LogP contribution in [0.2, 0.25) is 0 Å². The molecule has 0 saturated heterocycles. The minimum absolute atomic E-state index is 0.0295. The summed E-state index contributed by atoms with van der Waals surface area (Å²) in [4.78, 5) is 23.0. The van der Waals surface area contributed by atoms with Crippen molar-refractivity contribution in [3.63, 3.8) is 0 Å².